The van der Waals surface area contributed by atoms with Gasteiger partial charge in [0.2, 0.25) is 5.91 Å². The number of esters is 1. The summed E-state index contributed by atoms with van der Waals surface area (Å²) in [7, 11) is 0. The van der Waals surface area contributed by atoms with E-state index in [1.54, 1.807) is 0 Å². The number of rotatable bonds is 14. The van der Waals surface area contributed by atoms with Crippen molar-refractivity contribution in [3.8, 4) is 11.5 Å². The van der Waals surface area contributed by atoms with Gasteiger partial charge in [-0.25, -0.2) is 4.79 Å². The summed E-state index contributed by atoms with van der Waals surface area (Å²) in [5.41, 5.74) is 5.00. The number of hydrogen-bond acceptors (Lipinski definition) is 8. The van der Waals surface area contributed by atoms with E-state index in [4.69, 9.17) is 20.3 Å². The smallest absolute Gasteiger partial charge is 0.343 e. The van der Waals surface area contributed by atoms with Crippen molar-refractivity contribution in [3.63, 3.8) is 0 Å². The van der Waals surface area contributed by atoms with Crippen LogP contribution in [0.3, 0.4) is 0 Å². The molecular weight excluding hydrogens is 500 g/mol. The Kier molecular flexibility index (Phi) is 10.0. The number of nitro benzene ring substituents is 1. The average Bonchev–Trinajstić information content (AvgIpc) is 2.85. The van der Waals surface area contributed by atoms with Crippen molar-refractivity contribution >= 4 is 35.6 Å². The molecule has 0 heterocycles. The number of nitrogens with zero attached hydrogens (tertiary/aromatic N) is 1. The zero-order valence-electron chi connectivity index (χ0n) is 20.0. The third kappa shape index (κ3) is 7.37. The van der Waals surface area contributed by atoms with Gasteiger partial charge in [-0.2, -0.15) is 0 Å². The molecule has 2 rings (SSSR count). The molecule has 0 bridgehead atoms. The first-order valence-electron chi connectivity index (χ1n) is 10.9. The largest absolute Gasteiger partial charge is 0.485 e. The van der Waals surface area contributed by atoms with E-state index in [-0.39, 0.29) is 46.9 Å². The number of benzene rings is 2. The summed E-state index contributed by atoms with van der Waals surface area (Å²) in [5.74, 6) is -7.09. The van der Waals surface area contributed by atoms with Crippen LogP contribution >= 0.6 is 0 Å². The van der Waals surface area contributed by atoms with Gasteiger partial charge >= 0.3 is 17.9 Å². The number of ether oxygens (including phenoxy) is 2. The van der Waals surface area contributed by atoms with Crippen molar-refractivity contribution in [2.45, 2.75) is 12.8 Å². The lowest BCUT2D eigenvalue weighted by molar-refractivity contribution is -0.384. The SMILES string of the molecule is C=CCOc1c(C=C(C(N)=O)C(CC(=O)O)C(=O)O)cccc1OC(=O)c1ccc([N+](=O)[O-])cc1CC=C. The number of primary amides is 1. The second-order valence-corrected chi connectivity index (χ2v) is 7.71. The molecule has 2 aromatic carbocycles. The minimum absolute atomic E-state index is 0.0244. The summed E-state index contributed by atoms with van der Waals surface area (Å²) in [5, 5.41) is 29.7. The van der Waals surface area contributed by atoms with E-state index >= 15 is 0 Å². The van der Waals surface area contributed by atoms with Crippen LogP contribution in [-0.4, -0.2) is 45.6 Å². The number of aliphatic carboxylic acids is 2. The van der Waals surface area contributed by atoms with Gasteiger partial charge in [-0.1, -0.05) is 30.9 Å². The zero-order valence-corrected chi connectivity index (χ0v) is 20.0. The molecule has 38 heavy (non-hydrogen) atoms. The Morgan fingerprint density at radius 2 is 1.82 bits per heavy atom. The molecule has 0 aliphatic carbocycles. The van der Waals surface area contributed by atoms with E-state index in [1.807, 2.05) is 0 Å². The lowest BCUT2D eigenvalue weighted by atomic mass is 9.93. The van der Waals surface area contributed by atoms with Gasteiger partial charge in [-0.3, -0.25) is 24.5 Å². The number of hydrogen-bond donors (Lipinski definition) is 3. The molecule has 1 atom stereocenters. The van der Waals surface area contributed by atoms with Crippen LogP contribution in [0.15, 0.2) is 67.3 Å². The monoisotopic (exact) mass is 524 g/mol. The van der Waals surface area contributed by atoms with E-state index in [0.717, 1.165) is 12.1 Å². The fourth-order valence-corrected chi connectivity index (χ4v) is 3.41. The minimum Gasteiger partial charge on any atom is -0.485 e. The number of non-ortho nitro benzene ring substituents is 1. The van der Waals surface area contributed by atoms with E-state index in [9.17, 15) is 34.4 Å². The van der Waals surface area contributed by atoms with Crippen molar-refractivity contribution in [1.29, 1.82) is 0 Å². The van der Waals surface area contributed by atoms with Crippen LogP contribution in [0.5, 0.6) is 11.5 Å². The number of carbonyl (C=O) groups excluding carboxylic acids is 2. The van der Waals surface area contributed by atoms with Crippen molar-refractivity contribution < 1.29 is 43.8 Å². The average molecular weight is 524 g/mol. The van der Waals surface area contributed by atoms with Crippen molar-refractivity contribution in [3.05, 3.63) is 94.1 Å². The first kappa shape index (κ1) is 29.0. The fourth-order valence-electron chi connectivity index (χ4n) is 3.41. The first-order chi connectivity index (χ1) is 18.0. The molecule has 1 unspecified atom stereocenters. The molecule has 0 radical (unpaired) electrons. The Labute approximate surface area is 216 Å². The highest BCUT2D eigenvalue weighted by Crippen LogP contribution is 2.35. The molecule has 2 aromatic rings. The summed E-state index contributed by atoms with van der Waals surface area (Å²) in [4.78, 5) is 58.5. The first-order valence-corrected chi connectivity index (χ1v) is 10.9. The van der Waals surface area contributed by atoms with Crippen molar-refractivity contribution in [2.24, 2.45) is 11.7 Å². The molecule has 0 aliphatic rings. The van der Waals surface area contributed by atoms with E-state index in [0.29, 0.717) is 0 Å². The highest BCUT2D eigenvalue weighted by Gasteiger charge is 2.29. The number of carboxylic acid groups (broad SMARTS) is 2. The maximum Gasteiger partial charge on any atom is 0.343 e. The van der Waals surface area contributed by atoms with Gasteiger partial charge in [0.05, 0.1) is 22.8 Å². The molecule has 12 nitrogen and oxygen atoms in total. The number of carboxylic acids is 2. The van der Waals surface area contributed by atoms with Crippen LogP contribution in [0.4, 0.5) is 5.69 Å². The Morgan fingerprint density at radius 1 is 1.11 bits per heavy atom. The second-order valence-electron chi connectivity index (χ2n) is 7.71. The topological polar surface area (TPSA) is 196 Å². The molecule has 0 saturated carbocycles. The van der Waals surface area contributed by atoms with Crippen molar-refractivity contribution in [1.82, 2.24) is 0 Å². The Morgan fingerprint density at radius 3 is 2.37 bits per heavy atom. The van der Waals surface area contributed by atoms with Gasteiger partial charge in [0.25, 0.3) is 5.69 Å². The normalized spacial score (nSPS) is 11.6. The highest BCUT2D eigenvalue weighted by atomic mass is 16.6. The van der Waals surface area contributed by atoms with Crippen LogP contribution in [0.1, 0.15) is 27.9 Å². The quantitative estimate of drug-likeness (QED) is 0.0824. The van der Waals surface area contributed by atoms with Gasteiger partial charge in [-0.05, 0) is 30.2 Å². The molecule has 0 aromatic heterocycles. The van der Waals surface area contributed by atoms with Gasteiger partial charge in [0.15, 0.2) is 11.5 Å². The lowest BCUT2D eigenvalue weighted by Crippen LogP contribution is -2.28. The van der Waals surface area contributed by atoms with E-state index in [2.05, 4.69) is 13.2 Å². The van der Waals surface area contributed by atoms with E-state index in [1.165, 1.54) is 42.5 Å². The Balaban J connectivity index is 2.61. The lowest BCUT2D eigenvalue weighted by Gasteiger charge is -2.16. The predicted molar refractivity (Wildman–Crippen MR) is 135 cm³/mol. The van der Waals surface area contributed by atoms with Crippen LogP contribution in [0.25, 0.3) is 6.08 Å². The molecule has 0 spiro atoms. The van der Waals surface area contributed by atoms with Crippen molar-refractivity contribution in [2.75, 3.05) is 6.61 Å². The summed E-state index contributed by atoms with van der Waals surface area (Å²) < 4.78 is 11.1. The van der Waals surface area contributed by atoms with E-state index < -0.39 is 46.7 Å². The zero-order chi connectivity index (χ0) is 28.4. The standard InChI is InChI=1S/C26H24N2O10/c1-3-6-15-12-17(28(35)36)9-10-18(15)26(34)38-21-8-5-7-16(23(21)37-11-4-2)13-19(24(27)31)20(25(32)33)14-22(29)30/h3-5,7-10,12-13,20H,1-2,6,11,14H2,(H2,27,31)(H,29,30)(H,32,33). The third-order valence-electron chi connectivity index (χ3n) is 5.09. The third-order valence-corrected chi connectivity index (χ3v) is 5.09. The fraction of sp³-hybridized carbons (Fsp3) is 0.154. The number of amides is 1. The van der Waals surface area contributed by atoms with Gasteiger partial charge in [0.1, 0.15) is 6.61 Å². The number of allylic oxidation sites excluding steroid dienone is 1. The highest BCUT2D eigenvalue weighted by molar-refractivity contribution is 6.03. The molecule has 198 valence electrons. The summed E-state index contributed by atoms with van der Waals surface area (Å²) in [6.45, 7) is 7.04. The molecule has 0 saturated heterocycles. The summed E-state index contributed by atoms with van der Waals surface area (Å²) in [6, 6.07) is 7.80. The summed E-state index contributed by atoms with van der Waals surface area (Å²) in [6.07, 6.45) is 3.12. The van der Waals surface area contributed by atoms with Crippen LogP contribution in [0.2, 0.25) is 0 Å². The summed E-state index contributed by atoms with van der Waals surface area (Å²) >= 11 is 0. The minimum atomic E-state index is -1.76. The molecular formula is C26H24N2O10. The molecule has 0 fully saturated rings. The number of nitrogens with two attached hydrogens (primary N) is 1. The predicted octanol–water partition coefficient (Wildman–Crippen LogP) is 3.15. The number of carbonyl (C=O) groups is 4. The van der Waals surface area contributed by atoms with Gasteiger partial charge < -0.3 is 25.4 Å². The molecule has 0 aliphatic heterocycles. The van der Waals surface area contributed by atoms with Crippen LogP contribution < -0.4 is 15.2 Å². The maximum absolute atomic E-state index is 13.0. The van der Waals surface area contributed by atoms with Crippen LogP contribution in [0, 0.1) is 16.0 Å². The molecule has 4 N–H and O–H groups in total. The maximum atomic E-state index is 13.0. The van der Waals surface area contributed by atoms with Crippen LogP contribution in [-0.2, 0) is 20.8 Å². The molecule has 12 heteroatoms. The van der Waals surface area contributed by atoms with Gasteiger partial charge in [0, 0.05) is 23.3 Å². The second kappa shape index (κ2) is 13.2. The number of nitro groups is 1. The Hall–Kier alpha value is -5.26. The Bertz CT molecular complexity index is 1330. The van der Waals surface area contributed by atoms with Gasteiger partial charge in [-0.15, -0.1) is 6.58 Å². The number of para-hydroxylation sites is 1. The molecule has 1 amide bonds.